The third-order valence-electron chi connectivity index (χ3n) is 2.92. The number of carbonyl (C=O) groups is 3. The van der Waals surface area contributed by atoms with Crippen LogP contribution in [0.1, 0.15) is 24.2 Å². The molecule has 0 unspecified atom stereocenters. The fourth-order valence-corrected chi connectivity index (χ4v) is 2.02. The van der Waals surface area contributed by atoms with E-state index in [4.69, 9.17) is 14.6 Å². The Morgan fingerprint density at radius 1 is 0.870 bits per heavy atom. The molecule has 0 saturated carbocycles. The normalized spacial score (nSPS) is 10.0. The summed E-state index contributed by atoms with van der Waals surface area (Å²) in [6, 6.07) is 10.9. The van der Waals surface area contributed by atoms with E-state index >= 15 is 0 Å². The maximum absolute atomic E-state index is 11.3. The number of aromatic carboxylic acids is 1. The summed E-state index contributed by atoms with van der Waals surface area (Å²) in [5.74, 6) is -1.92. The van der Waals surface area contributed by atoms with E-state index in [1.54, 1.807) is 24.3 Å². The van der Waals surface area contributed by atoms with Crippen LogP contribution in [0.2, 0.25) is 0 Å². The van der Waals surface area contributed by atoms with Crippen molar-refractivity contribution in [1.82, 2.24) is 0 Å². The van der Waals surface area contributed by atoms with Gasteiger partial charge in [-0.1, -0.05) is 24.3 Å². The van der Waals surface area contributed by atoms with Crippen LogP contribution >= 0.6 is 0 Å². The van der Waals surface area contributed by atoms with Crippen molar-refractivity contribution in [1.29, 1.82) is 0 Å². The van der Waals surface area contributed by atoms with Crippen molar-refractivity contribution in [3.63, 3.8) is 0 Å². The molecule has 0 amide bonds. The molecule has 2 rings (SSSR count). The maximum atomic E-state index is 11.3. The molecule has 1 N–H and O–H groups in total. The second-order valence-electron chi connectivity index (χ2n) is 4.70. The molecule has 118 valence electrons. The Balaban J connectivity index is 2.53. The largest absolute Gasteiger partial charge is 0.478 e. The first-order chi connectivity index (χ1) is 10.9. The monoisotopic (exact) mass is 314 g/mol. The van der Waals surface area contributed by atoms with Crippen LogP contribution in [0.5, 0.6) is 11.5 Å². The molecule has 0 aliphatic rings. The smallest absolute Gasteiger partial charge is 0.335 e. The van der Waals surface area contributed by atoms with Crippen molar-refractivity contribution in [3.05, 3.63) is 48.0 Å². The van der Waals surface area contributed by atoms with Crippen LogP contribution in [0.15, 0.2) is 42.5 Å². The first-order valence-electron chi connectivity index (χ1n) is 6.72. The highest BCUT2D eigenvalue weighted by Gasteiger charge is 2.16. The predicted molar refractivity (Wildman–Crippen MR) is 81.5 cm³/mol. The zero-order chi connectivity index (χ0) is 17.0. The molecule has 0 fully saturated rings. The molecule has 0 aliphatic heterocycles. The van der Waals surface area contributed by atoms with E-state index in [1.807, 2.05) is 0 Å². The number of para-hydroxylation sites is 1. The van der Waals surface area contributed by atoms with Crippen LogP contribution in [0.3, 0.4) is 0 Å². The molecule has 0 spiro atoms. The molecule has 0 atom stereocenters. The number of carbonyl (C=O) groups excluding carboxylic acids is 2. The van der Waals surface area contributed by atoms with Crippen molar-refractivity contribution in [2.45, 2.75) is 13.8 Å². The Hall–Kier alpha value is -3.15. The Morgan fingerprint density at radius 2 is 1.48 bits per heavy atom. The molecule has 6 heteroatoms. The number of benzene rings is 2. The third-order valence-corrected chi connectivity index (χ3v) is 2.92. The van der Waals surface area contributed by atoms with Gasteiger partial charge in [-0.3, -0.25) is 9.59 Å². The number of ether oxygens (including phenoxy) is 2. The second-order valence-corrected chi connectivity index (χ2v) is 4.70. The van der Waals surface area contributed by atoms with Gasteiger partial charge in [0.25, 0.3) is 0 Å². The molecule has 2 aromatic carbocycles. The van der Waals surface area contributed by atoms with Crippen LogP contribution in [-0.2, 0) is 9.59 Å². The van der Waals surface area contributed by atoms with E-state index in [0.717, 1.165) is 0 Å². The molecular formula is C17H14O6. The fraction of sp³-hybridized carbons (Fsp3) is 0.118. The van der Waals surface area contributed by atoms with E-state index < -0.39 is 17.9 Å². The molecule has 0 aromatic heterocycles. The lowest BCUT2D eigenvalue weighted by molar-refractivity contribution is -0.134. The highest BCUT2D eigenvalue weighted by molar-refractivity contribution is 5.89. The highest BCUT2D eigenvalue weighted by Crippen LogP contribution is 2.38. The Labute approximate surface area is 132 Å². The van der Waals surface area contributed by atoms with Gasteiger partial charge in [-0.25, -0.2) is 4.79 Å². The topological polar surface area (TPSA) is 89.9 Å². The van der Waals surface area contributed by atoms with Gasteiger partial charge in [-0.15, -0.1) is 0 Å². The lowest BCUT2D eigenvalue weighted by atomic mass is 10.0. The third kappa shape index (κ3) is 3.94. The van der Waals surface area contributed by atoms with E-state index in [9.17, 15) is 14.4 Å². The van der Waals surface area contributed by atoms with Gasteiger partial charge in [-0.05, 0) is 23.8 Å². The summed E-state index contributed by atoms with van der Waals surface area (Å²) in [7, 11) is 0. The van der Waals surface area contributed by atoms with Crippen LogP contribution in [-0.4, -0.2) is 23.0 Å². The number of hydrogen-bond donors (Lipinski definition) is 1. The van der Waals surface area contributed by atoms with Gasteiger partial charge in [-0.2, -0.15) is 0 Å². The summed E-state index contributed by atoms with van der Waals surface area (Å²) in [5, 5.41) is 8.94. The van der Waals surface area contributed by atoms with Crippen LogP contribution < -0.4 is 9.47 Å². The molecular weight excluding hydrogens is 300 g/mol. The quantitative estimate of drug-likeness (QED) is 0.689. The SMILES string of the molecule is CC(=O)Oc1cccc(-c2ccc(C(=O)O)cc2)c1OC(C)=O. The minimum absolute atomic E-state index is 0.110. The molecule has 23 heavy (non-hydrogen) atoms. The number of hydrogen-bond acceptors (Lipinski definition) is 5. The maximum Gasteiger partial charge on any atom is 0.335 e. The van der Waals surface area contributed by atoms with E-state index in [2.05, 4.69) is 0 Å². The number of esters is 2. The van der Waals surface area contributed by atoms with Gasteiger partial charge < -0.3 is 14.6 Å². The number of carboxylic acids is 1. The average Bonchev–Trinajstić information content (AvgIpc) is 2.48. The minimum Gasteiger partial charge on any atom is -0.478 e. The van der Waals surface area contributed by atoms with Gasteiger partial charge in [0, 0.05) is 19.4 Å². The zero-order valence-corrected chi connectivity index (χ0v) is 12.5. The Kier molecular flexibility index (Phi) is 4.75. The van der Waals surface area contributed by atoms with Crippen molar-refractivity contribution in [2.75, 3.05) is 0 Å². The van der Waals surface area contributed by atoms with Crippen LogP contribution in [0, 0.1) is 0 Å². The summed E-state index contributed by atoms with van der Waals surface area (Å²) in [6.45, 7) is 2.48. The summed E-state index contributed by atoms with van der Waals surface area (Å²) in [6.07, 6.45) is 0. The fourth-order valence-electron chi connectivity index (χ4n) is 2.02. The van der Waals surface area contributed by atoms with Gasteiger partial charge in [0.15, 0.2) is 11.5 Å². The van der Waals surface area contributed by atoms with Gasteiger partial charge in [0.1, 0.15) is 0 Å². The van der Waals surface area contributed by atoms with E-state index in [0.29, 0.717) is 11.1 Å². The molecule has 0 bridgehead atoms. The Morgan fingerprint density at radius 3 is 2.00 bits per heavy atom. The van der Waals surface area contributed by atoms with E-state index in [-0.39, 0.29) is 17.1 Å². The average molecular weight is 314 g/mol. The standard InChI is InChI=1S/C17H14O6/c1-10(18)22-15-5-3-4-14(16(15)23-11(2)19)12-6-8-13(9-7-12)17(20)21/h3-9H,1-2H3,(H,20,21). The van der Waals surface area contributed by atoms with Crippen molar-refractivity contribution in [3.8, 4) is 22.6 Å². The number of carboxylic acid groups (broad SMARTS) is 1. The van der Waals surface area contributed by atoms with E-state index in [1.165, 1.54) is 32.0 Å². The molecule has 0 heterocycles. The first kappa shape index (κ1) is 16.2. The lowest BCUT2D eigenvalue weighted by Gasteiger charge is -2.13. The minimum atomic E-state index is -1.04. The molecule has 6 nitrogen and oxygen atoms in total. The number of rotatable bonds is 4. The second kappa shape index (κ2) is 6.74. The van der Waals surface area contributed by atoms with Gasteiger partial charge in [0.05, 0.1) is 5.56 Å². The summed E-state index contributed by atoms with van der Waals surface area (Å²) in [5.41, 5.74) is 1.27. The molecule has 2 aromatic rings. The van der Waals surface area contributed by atoms with Crippen molar-refractivity contribution < 1.29 is 29.0 Å². The summed E-state index contributed by atoms with van der Waals surface area (Å²) < 4.78 is 10.2. The summed E-state index contributed by atoms with van der Waals surface area (Å²) in [4.78, 5) is 33.4. The molecule has 0 aliphatic carbocycles. The molecule has 0 radical (unpaired) electrons. The van der Waals surface area contributed by atoms with Crippen molar-refractivity contribution >= 4 is 17.9 Å². The molecule has 0 saturated heterocycles. The zero-order valence-electron chi connectivity index (χ0n) is 12.5. The highest BCUT2D eigenvalue weighted by atomic mass is 16.6. The van der Waals surface area contributed by atoms with Gasteiger partial charge >= 0.3 is 17.9 Å². The Bertz CT molecular complexity index is 761. The van der Waals surface area contributed by atoms with Crippen LogP contribution in [0.4, 0.5) is 0 Å². The van der Waals surface area contributed by atoms with Crippen molar-refractivity contribution in [2.24, 2.45) is 0 Å². The first-order valence-corrected chi connectivity index (χ1v) is 6.72. The van der Waals surface area contributed by atoms with Crippen LogP contribution in [0.25, 0.3) is 11.1 Å². The lowest BCUT2D eigenvalue weighted by Crippen LogP contribution is -2.08. The van der Waals surface area contributed by atoms with Gasteiger partial charge in [0.2, 0.25) is 0 Å². The predicted octanol–water partition coefficient (Wildman–Crippen LogP) is 2.90. The summed E-state index contributed by atoms with van der Waals surface area (Å²) >= 11 is 0.